The quantitative estimate of drug-likeness (QED) is 0.404. The van der Waals surface area contributed by atoms with Crippen LogP contribution in [0, 0.1) is 11.3 Å². The summed E-state index contributed by atoms with van der Waals surface area (Å²) in [6.45, 7) is 9.68. The number of likely N-dealkylation sites (tertiary alicyclic amines) is 1. The number of ether oxygens (including phenoxy) is 2. The van der Waals surface area contributed by atoms with Gasteiger partial charge in [0.05, 0.1) is 13.2 Å². The molecule has 1 aromatic carbocycles. The predicted octanol–water partition coefficient (Wildman–Crippen LogP) is 3.53. The van der Waals surface area contributed by atoms with Gasteiger partial charge in [-0.15, -0.1) is 24.0 Å². The smallest absolute Gasteiger partial charge is 0.193 e. The number of guanidine groups is 1. The summed E-state index contributed by atoms with van der Waals surface area (Å²) in [5.74, 6) is 2.45. The average Bonchev–Trinajstić information content (AvgIpc) is 3.25. The van der Waals surface area contributed by atoms with E-state index >= 15 is 0 Å². The number of aliphatic imine (C=N–C) groups is 1. The van der Waals surface area contributed by atoms with Crippen LogP contribution in [0.2, 0.25) is 0 Å². The number of halogens is 1. The zero-order valence-electron chi connectivity index (χ0n) is 16.2. The van der Waals surface area contributed by atoms with E-state index in [1.807, 2.05) is 19.2 Å². The van der Waals surface area contributed by atoms with Gasteiger partial charge < -0.3 is 19.7 Å². The summed E-state index contributed by atoms with van der Waals surface area (Å²) < 4.78 is 11.6. The summed E-state index contributed by atoms with van der Waals surface area (Å²) in [7, 11) is 1.86. The Bertz CT molecular complexity index is 600. The standard InChI is InChI=1S/C20H31N3O2.HI/c1-16(2)13-25-18-7-5-4-6-17(18)12-22-19(21-3)23-10-8-20(14-23)9-11-24-15-20;/h4-7,16H,8-15H2,1-3H3,(H,21,22);1H. The molecule has 1 aromatic rings. The highest BCUT2D eigenvalue weighted by molar-refractivity contribution is 14.0. The van der Waals surface area contributed by atoms with Crippen molar-refractivity contribution in [3.63, 3.8) is 0 Å². The van der Waals surface area contributed by atoms with Crippen LogP contribution in [0.4, 0.5) is 0 Å². The van der Waals surface area contributed by atoms with Crippen LogP contribution >= 0.6 is 24.0 Å². The van der Waals surface area contributed by atoms with Gasteiger partial charge in [0.2, 0.25) is 0 Å². The molecule has 0 amide bonds. The van der Waals surface area contributed by atoms with Crippen molar-refractivity contribution in [3.05, 3.63) is 29.8 Å². The monoisotopic (exact) mass is 473 g/mol. The van der Waals surface area contributed by atoms with E-state index in [4.69, 9.17) is 9.47 Å². The first-order valence-corrected chi connectivity index (χ1v) is 9.36. The molecule has 1 spiro atoms. The van der Waals surface area contributed by atoms with E-state index in [0.717, 1.165) is 51.2 Å². The van der Waals surface area contributed by atoms with Crippen molar-refractivity contribution in [1.82, 2.24) is 10.2 Å². The molecule has 3 rings (SSSR count). The van der Waals surface area contributed by atoms with E-state index in [0.29, 0.717) is 11.3 Å². The molecule has 0 aliphatic carbocycles. The second kappa shape index (κ2) is 9.78. The molecule has 146 valence electrons. The molecule has 1 unspecified atom stereocenters. The van der Waals surface area contributed by atoms with E-state index in [1.165, 1.54) is 18.4 Å². The van der Waals surface area contributed by atoms with Crippen LogP contribution in [-0.2, 0) is 11.3 Å². The average molecular weight is 473 g/mol. The number of rotatable bonds is 5. The summed E-state index contributed by atoms with van der Waals surface area (Å²) in [4.78, 5) is 6.86. The Morgan fingerprint density at radius 3 is 2.85 bits per heavy atom. The summed E-state index contributed by atoms with van der Waals surface area (Å²) in [6.07, 6.45) is 2.37. The topological polar surface area (TPSA) is 46.1 Å². The Kier molecular flexibility index (Phi) is 8.01. The lowest BCUT2D eigenvalue weighted by molar-refractivity contribution is 0.156. The number of nitrogens with zero attached hydrogens (tertiary/aromatic N) is 2. The normalized spacial score (nSPS) is 22.8. The molecule has 2 fully saturated rings. The maximum absolute atomic E-state index is 5.96. The van der Waals surface area contributed by atoms with Gasteiger partial charge in [0.15, 0.2) is 5.96 Å². The van der Waals surface area contributed by atoms with Crippen LogP contribution in [0.5, 0.6) is 5.75 Å². The molecular formula is C20H32IN3O2. The number of nitrogens with one attached hydrogen (secondary N) is 1. The van der Waals surface area contributed by atoms with Gasteiger partial charge in [0, 0.05) is 44.3 Å². The molecule has 0 aromatic heterocycles. The van der Waals surface area contributed by atoms with Crippen LogP contribution in [-0.4, -0.2) is 50.8 Å². The Labute approximate surface area is 174 Å². The lowest BCUT2D eigenvalue weighted by atomic mass is 9.87. The number of hydrogen-bond donors (Lipinski definition) is 1. The van der Waals surface area contributed by atoms with Crippen LogP contribution in [0.3, 0.4) is 0 Å². The molecule has 2 heterocycles. The highest BCUT2D eigenvalue weighted by Gasteiger charge is 2.42. The largest absolute Gasteiger partial charge is 0.493 e. The maximum atomic E-state index is 5.96. The second-order valence-electron chi connectivity index (χ2n) is 7.69. The molecule has 2 aliphatic heterocycles. The van der Waals surface area contributed by atoms with Crippen molar-refractivity contribution < 1.29 is 9.47 Å². The van der Waals surface area contributed by atoms with Crippen LogP contribution < -0.4 is 10.1 Å². The molecule has 5 nitrogen and oxygen atoms in total. The minimum absolute atomic E-state index is 0. The van der Waals surface area contributed by atoms with E-state index in [1.54, 1.807) is 0 Å². The Morgan fingerprint density at radius 2 is 2.15 bits per heavy atom. The van der Waals surface area contributed by atoms with Gasteiger partial charge in [0.1, 0.15) is 5.75 Å². The first-order chi connectivity index (χ1) is 12.1. The van der Waals surface area contributed by atoms with E-state index in [9.17, 15) is 0 Å². The molecular weight excluding hydrogens is 441 g/mol. The van der Waals surface area contributed by atoms with E-state index < -0.39 is 0 Å². The van der Waals surface area contributed by atoms with Crippen LogP contribution in [0.15, 0.2) is 29.3 Å². The van der Waals surface area contributed by atoms with Crippen molar-refractivity contribution in [2.24, 2.45) is 16.3 Å². The number of hydrogen-bond acceptors (Lipinski definition) is 3. The lowest BCUT2D eigenvalue weighted by Gasteiger charge is -2.25. The van der Waals surface area contributed by atoms with E-state index in [2.05, 4.69) is 41.2 Å². The summed E-state index contributed by atoms with van der Waals surface area (Å²) in [5, 5.41) is 3.52. The van der Waals surface area contributed by atoms with Crippen molar-refractivity contribution in [2.75, 3.05) is 40.0 Å². The third kappa shape index (κ3) is 5.25. The fourth-order valence-corrected chi connectivity index (χ4v) is 3.64. The first-order valence-electron chi connectivity index (χ1n) is 9.36. The van der Waals surface area contributed by atoms with Gasteiger partial charge in [-0.1, -0.05) is 32.0 Å². The highest BCUT2D eigenvalue weighted by atomic mass is 127. The number of benzene rings is 1. The fourth-order valence-electron chi connectivity index (χ4n) is 3.64. The van der Waals surface area contributed by atoms with E-state index in [-0.39, 0.29) is 24.0 Å². The molecule has 2 saturated heterocycles. The van der Waals surface area contributed by atoms with Gasteiger partial charge in [0.25, 0.3) is 0 Å². The minimum Gasteiger partial charge on any atom is -0.493 e. The molecule has 0 radical (unpaired) electrons. The van der Waals surface area contributed by atoms with Crippen molar-refractivity contribution in [3.8, 4) is 5.75 Å². The second-order valence-corrected chi connectivity index (χ2v) is 7.69. The zero-order valence-corrected chi connectivity index (χ0v) is 18.5. The van der Waals surface area contributed by atoms with Gasteiger partial charge in [-0.05, 0) is 24.8 Å². The molecule has 6 heteroatoms. The SMILES string of the molecule is CN=C(NCc1ccccc1OCC(C)C)N1CCC2(CCOC2)C1.I. The molecule has 1 atom stereocenters. The first kappa shape index (κ1) is 21.3. The third-order valence-corrected chi connectivity index (χ3v) is 5.12. The van der Waals surface area contributed by atoms with Gasteiger partial charge in [-0.25, -0.2) is 0 Å². The molecule has 1 N–H and O–H groups in total. The predicted molar refractivity (Wildman–Crippen MR) is 116 cm³/mol. The third-order valence-electron chi connectivity index (χ3n) is 5.12. The van der Waals surface area contributed by atoms with Crippen molar-refractivity contribution in [1.29, 1.82) is 0 Å². The molecule has 2 aliphatic rings. The molecule has 26 heavy (non-hydrogen) atoms. The maximum Gasteiger partial charge on any atom is 0.193 e. The summed E-state index contributed by atoms with van der Waals surface area (Å²) in [6, 6.07) is 8.25. The molecule has 0 saturated carbocycles. The van der Waals surface area contributed by atoms with Crippen LogP contribution in [0.25, 0.3) is 0 Å². The lowest BCUT2D eigenvalue weighted by Crippen LogP contribution is -2.41. The summed E-state index contributed by atoms with van der Waals surface area (Å²) >= 11 is 0. The van der Waals surface area contributed by atoms with Crippen LogP contribution in [0.1, 0.15) is 32.3 Å². The van der Waals surface area contributed by atoms with Crippen molar-refractivity contribution in [2.45, 2.75) is 33.2 Å². The molecule has 0 bridgehead atoms. The zero-order chi connectivity index (χ0) is 17.7. The Morgan fingerprint density at radius 1 is 1.35 bits per heavy atom. The Balaban J connectivity index is 0.00000243. The van der Waals surface area contributed by atoms with Gasteiger partial charge >= 0.3 is 0 Å². The Hall–Kier alpha value is -1.02. The highest BCUT2D eigenvalue weighted by Crippen LogP contribution is 2.38. The fraction of sp³-hybridized carbons (Fsp3) is 0.650. The number of para-hydroxylation sites is 1. The summed E-state index contributed by atoms with van der Waals surface area (Å²) in [5.41, 5.74) is 1.51. The van der Waals surface area contributed by atoms with Gasteiger partial charge in [-0.3, -0.25) is 4.99 Å². The minimum atomic E-state index is 0. The van der Waals surface area contributed by atoms with Crippen molar-refractivity contribution >= 4 is 29.9 Å². The van der Waals surface area contributed by atoms with Gasteiger partial charge in [-0.2, -0.15) is 0 Å².